The largest absolute Gasteiger partial charge is 0.331 e. The Labute approximate surface area is 115 Å². The molecule has 0 saturated carbocycles. The summed E-state index contributed by atoms with van der Waals surface area (Å²) in [6.45, 7) is 1.85. The van der Waals surface area contributed by atoms with Gasteiger partial charge in [0.15, 0.2) is 0 Å². The summed E-state index contributed by atoms with van der Waals surface area (Å²) in [7, 11) is 2.14. The van der Waals surface area contributed by atoms with Gasteiger partial charge in [-0.1, -0.05) is 18.2 Å². The number of hydrogen-bond donors (Lipinski definition) is 0. The van der Waals surface area contributed by atoms with E-state index in [0.717, 1.165) is 29.6 Å². The minimum atomic E-state index is 0.109. The molecule has 0 N–H and O–H groups in total. The van der Waals surface area contributed by atoms with Crippen molar-refractivity contribution in [2.24, 2.45) is 0 Å². The van der Waals surface area contributed by atoms with Gasteiger partial charge >= 0.3 is 0 Å². The first-order valence-electron chi connectivity index (χ1n) is 6.59. The second-order valence-corrected chi connectivity index (χ2v) is 6.27. The molecule has 2 fully saturated rings. The second kappa shape index (κ2) is 4.02. The Hall–Kier alpha value is -1.46. The number of likely N-dealkylation sites (tertiary alicyclic amines) is 2. The molecule has 0 unspecified atom stereocenters. The molecule has 3 heterocycles. The fourth-order valence-corrected chi connectivity index (χ4v) is 4.06. The van der Waals surface area contributed by atoms with E-state index < -0.39 is 0 Å². The van der Waals surface area contributed by atoms with Crippen LogP contribution >= 0.6 is 11.5 Å². The van der Waals surface area contributed by atoms with Crippen molar-refractivity contribution >= 4 is 27.5 Å². The molecule has 2 aliphatic rings. The summed E-state index contributed by atoms with van der Waals surface area (Å²) in [5.41, 5.74) is 0.635. The van der Waals surface area contributed by atoms with Crippen LogP contribution < -0.4 is 0 Å². The van der Waals surface area contributed by atoms with Crippen LogP contribution in [0.2, 0.25) is 0 Å². The lowest BCUT2D eigenvalue weighted by molar-refractivity contribution is 0.0648. The zero-order valence-electron chi connectivity index (χ0n) is 10.7. The summed E-state index contributed by atoms with van der Waals surface area (Å²) in [5.74, 6) is 0.109. The summed E-state index contributed by atoms with van der Waals surface area (Å²) in [6.07, 6.45) is 1.12. The van der Waals surface area contributed by atoms with Crippen LogP contribution in [0, 0.1) is 0 Å². The lowest BCUT2D eigenvalue weighted by atomic mass is 10.2. The fourth-order valence-electron chi connectivity index (χ4n) is 3.29. The first kappa shape index (κ1) is 11.4. The van der Waals surface area contributed by atoms with Gasteiger partial charge in [0, 0.05) is 30.6 Å². The van der Waals surface area contributed by atoms with Crippen LogP contribution in [0.3, 0.4) is 0 Å². The monoisotopic (exact) mass is 273 g/mol. The van der Waals surface area contributed by atoms with Gasteiger partial charge < -0.3 is 4.90 Å². The lowest BCUT2D eigenvalue weighted by Crippen LogP contribution is -2.47. The molecule has 0 radical (unpaired) electrons. The SMILES string of the molecule is CN1C[C@@H]2C[C@H]1CN2C(=O)c1nsc2ccccc12. The van der Waals surface area contributed by atoms with Crippen molar-refractivity contribution in [2.45, 2.75) is 18.5 Å². The molecule has 1 aromatic carbocycles. The van der Waals surface area contributed by atoms with Gasteiger partial charge in [-0.2, -0.15) is 4.37 Å². The molecule has 19 heavy (non-hydrogen) atoms. The van der Waals surface area contributed by atoms with E-state index >= 15 is 0 Å². The third-order valence-corrected chi connectivity index (χ3v) is 5.18. The predicted molar refractivity (Wildman–Crippen MR) is 75.5 cm³/mol. The molecule has 1 amide bonds. The molecule has 0 spiro atoms. The molecular formula is C14H15N3OS. The predicted octanol–water partition coefficient (Wildman–Crippen LogP) is 1.82. The van der Waals surface area contributed by atoms with Crippen LogP contribution in [-0.4, -0.2) is 52.3 Å². The van der Waals surface area contributed by atoms with Gasteiger partial charge in [0.1, 0.15) is 5.69 Å². The second-order valence-electron chi connectivity index (χ2n) is 5.47. The standard InChI is InChI=1S/C14H15N3OS/c1-16-7-10-6-9(16)8-17(10)14(18)13-11-4-2-3-5-12(11)19-15-13/h2-5,9-10H,6-8H2,1H3/t9-,10-/m0/s1. The lowest BCUT2D eigenvalue weighted by Gasteiger charge is -2.31. The molecule has 2 aliphatic heterocycles. The Morgan fingerprint density at radius 1 is 1.32 bits per heavy atom. The van der Waals surface area contributed by atoms with Crippen molar-refractivity contribution in [2.75, 3.05) is 20.1 Å². The van der Waals surface area contributed by atoms with Crippen LogP contribution in [0.5, 0.6) is 0 Å². The number of carbonyl (C=O) groups excluding carboxylic acids is 1. The molecule has 98 valence electrons. The molecule has 2 saturated heterocycles. The maximum Gasteiger partial charge on any atom is 0.274 e. The number of amides is 1. The van der Waals surface area contributed by atoms with E-state index in [0.29, 0.717) is 17.8 Å². The van der Waals surface area contributed by atoms with E-state index in [9.17, 15) is 4.79 Å². The number of likely N-dealkylation sites (N-methyl/N-ethyl adjacent to an activating group) is 1. The average molecular weight is 273 g/mol. The quantitative estimate of drug-likeness (QED) is 0.795. The maximum atomic E-state index is 12.7. The van der Waals surface area contributed by atoms with Crippen LogP contribution in [0.15, 0.2) is 24.3 Å². The zero-order valence-corrected chi connectivity index (χ0v) is 11.6. The third kappa shape index (κ3) is 1.61. The van der Waals surface area contributed by atoms with Crippen LogP contribution in [0.1, 0.15) is 16.9 Å². The Morgan fingerprint density at radius 3 is 2.89 bits per heavy atom. The molecule has 2 aromatic rings. The number of aromatic nitrogens is 1. The number of hydrogen-bond acceptors (Lipinski definition) is 4. The summed E-state index contributed by atoms with van der Waals surface area (Å²) in [5, 5.41) is 0.994. The highest BCUT2D eigenvalue weighted by molar-refractivity contribution is 7.13. The minimum Gasteiger partial charge on any atom is -0.331 e. The number of fused-ring (bicyclic) bond motifs is 3. The highest BCUT2D eigenvalue weighted by Crippen LogP contribution is 2.32. The minimum absolute atomic E-state index is 0.109. The number of benzene rings is 1. The molecule has 4 nitrogen and oxygen atoms in total. The molecule has 5 heteroatoms. The number of carbonyl (C=O) groups is 1. The Morgan fingerprint density at radius 2 is 2.16 bits per heavy atom. The van der Waals surface area contributed by atoms with Gasteiger partial charge in [-0.25, -0.2) is 0 Å². The van der Waals surface area contributed by atoms with Crippen molar-refractivity contribution in [3.05, 3.63) is 30.0 Å². The number of nitrogens with zero attached hydrogens (tertiary/aromatic N) is 3. The van der Waals surface area contributed by atoms with Crippen molar-refractivity contribution in [1.82, 2.24) is 14.2 Å². The summed E-state index contributed by atoms with van der Waals surface area (Å²) in [4.78, 5) is 17.0. The van der Waals surface area contributed by atoms with E-state index in [4.69, 9.17) is 0 Å². The molecule has 1 aromatic heterocycles. The van der Waals surface area contributed by atoms with Gasteiger partial charge in [0.2, 0.25) is 0 Å². The van der Waals surface area contributed by atoms with Crippen molar-refractivity contribution in [3.8, 4) is 0 Å². The zero-order chi connectivity index (χ0) is 13.0. The average Bonchev–Trinajstić information content (AvgIpc) is 3.10. The van der Waals surface area contributed by atoms with Gasteiger partial charge in [0.05, 0.1) is 4.70 Å². The third-order valence-electron chi connectivity index (χ3n) is 4.36. The highest BCUT2D eigenvalue weighted by Gasteiger charge is 2.44. The Bertz CT molecular complexity index is 651. The fraction of sp³-hybridized carbons (Fsp3) is 0.429. The normalized spacial score (nSPS) is 26.5. The highest BCUT2D eigenvalue weighted by atomic mass is 32.1. The summed E-state index contributed by atoms with van der Waals surface area (Å²) in [6, 6.07) is 8.89. The van der Waals surface area contributed by atoms with Crippen molar-refractivity contribution < 1.29 is 4.79 Å². The first-order valence-corrected chi connectivity index (χ1v) is 7.37. The Kier molecular flexibility index (Phi) is 2.40. The molecule has 0 aliphatic carbocycles. The van der Waals surface area contributed by atoms with E-state index in [-0.39, 0.29) is 5.91 Å². The number of rotatable bonds is 1. The van der Waals surface area contributed by atoms with Gasteiger partial charge in [-0.15, -0.1) is 0 Å². The van der Waals surface area contributed by atoms with E-state index in [1.807, 2.05) is 29.2 Å². The molecular weight excluding hydrogens is 258 g/mol. The summed E-state index contributed by atoms with van der Waals surface area (Å²) >= 11 is 1.41. The van der Waals surface area contributed by atoms with E-state index in [1.165, 1.54) is 11.5 Å². The molecule has 2 bridgehead atoms. The van der Waals surface area contributed by atoms with Crippen LogP contribution in [0.4, 0.5) is 0 Å². The number of piperazine rings is 1. The van der Waals surface area contributed by atoms with Crippen LogP contribution in [0.25, 0.3) is 10.1 Å². The van der Waals surface area contributed by atoms with Gasteiger partial charge in [0.25, 0.3) is 5.91 Å². The Balaban J connectivity index is 1.68. The topological polar surface area (TPSA) is 36.4 Å². The van der Waals surface area contributed by atoms with Crippen LogP contribution in [-0.2, 0) is 0 Å². The maximum absolute atomic E-state index is 12.7. The van der Waals surface area contributed by atoms with E-state index in [2.05, 4.69) is 16.3 Å². The van der Waals surface area contributed by atoms with Crippen molar-refractivity contribution in [1.29, 1.82) is 0 Å². The first-order chi connectivity index (χ1) is 9.24. The van der Waals surface area contributed by atoms with E-state index in [1.54, 1.807) is 0 Å². The van der Waals surface area contributed by atoms with Gasteiger partial charge in [-0.05, 0) is 31.1 Å². The smallest absolute Gasteiger partial charge is 0.274 e. The molecule has 4 rings (SSSR count). The summed E-state index contributed by atoms with van der Waals surface area (Å²) < 4.78 is 5.47. The van der Waals surface area contributed by atoms with Gasteiger partial charge in [-0.3, -0.25) is 9.69 Å². The van der Waals surface area contributed by atoms with Crippen molar-refractivity contribution in [3.63, 3.8) is 0 Å². The molecule has 2 atom stereocenters.